The lowest BCUT2D eigenvalue weighted by Crippen LogP contribution is -2.40. The van der Waals surface area contributed by atoms with Gasteiger partial charge in [0.1, 0.15) is 0 Å². The van der Waals surface area contributed by atoms with Crippen molar-refractivity contribution in [1.82, 2.24) is 9.80 Å². The number of ether oxygens (including phenoxy) is 1. The summed E-state index contributed by atoms with van der Waals surface area (Å²) in [4.78, 5) is 17.0. The van der Waals surface area contributed by atoms with Gasteiger partial charge < -0.3 is 9.64 Å². The summed E-state index contributed by atoms with van der Waals surface area (Å²) in [7, 11) is 0. The highest BCUT2D eigenvalue weighted by Gasteiger charge is 2.21. The molecule has 4 rings (SSSR count). The van der Waals surface area contributed by atoms with Gasteiger partial charge in [0.05, 0.1) is 13.2 Å². The second-order valence-electron chi connectivity index (χ2n) is 8.01. The summed E-state index contributed by atoms with van der Waals surface area (Å²) in [6.45, 7) is 5.97. The summed E-state index contributed by atoms with van der Waals surface area (Å²) in [5.41, 5.74) is 3.54. The van der Waals surface area contributed by atoms with Gasteiger partial charge in [0, 0.05) is 25.2 Å². The van der Waals surface area contributed by atoms with Crippen molar-refractivity contribution in [3.05, 3.63) is 71.3 Å². The molecule has 2 saturated heterocycles. The molecule has 0 N–H and O–H groups in total. The fourth-order valence-corrected chi connectivity index (χ4v) is 4.26. The number of rotatable bonds is 5. The Balaban J connectivity index is 1.25. The van der Waals surface area contributed by atoms with Gasteiger partial charge in [0.15, 0.2) is 0 Å². The molecule has 2 aliphatic heterocycles. The van der Waals surface area contributed by atoms with Crippen LogP contribution in [0.1, 0.15) is 34.3 Å². The number of benzene rings is 2. The molecule has 4 nitrogen and oxygen atoms in total. The first-order chi connectivity index (χ1) is 13.8. The lowest BCUT2D eigenvalue weighted by atomic mass is 9.90. The first-order valence-corrected chi connectivity index (χ1v) is 10.5. The molecule has 2 aromatic carbocycles. The first kappa shape index (κ1) is 19.2. The largest absolute Gasteiger partial charge is 0.378 e. The highest BCUT2D eigenvalue weighted by Crippen LogP contribution is 2.23. The Hall–Kier alpha value is -2.17. The molecule has 0 spiro atoms. The third kappa shape index (κ3) is 5.00. The van der Waals surface area contributed by atoms with Crippen molar-refractivity contribution in [3.8, 4) is 0 Å². The Kier molecular flexibility index (Phi) is 6.40. The maximum atomic E-state index is 12.5. The molecule has 148 valence electrons. The van der Waals surface area contributed by atoms with Gasteiger partial charge in [-0.1, -0.05) is 42.5 Å². The van der Waals surface area contributed by atoms with Crippen LogP contribution in [0.4, 0.5) is 0 Å². The fourth-order valence-electron chi connectivity index (χ4n) is 4.26. The van der Waals surface area contributed by atoms with Crippen molar-refractivity contribution in [2.45, 2.75) is 25.8 Å². The van der Waals surface area contributed by atoms with Crippen LogP contribution in [0, 0.1) is 5.92 Å². The average Bonchev–Trinajstić information content (AvgIpc) is 2.76. The van der Waals surface area contributed by atoms with Crippen LogP contribution < -0.4 is 0 Å². The molecular formula is C24H30N2O2. The van der Waals surface area contributed by atoms with E-state index in [1.165, 1.54) is 30.4 Å². The number of morpholine rings is 1. The van der Waals surface area contributed by atoms with Crippen molar-refractivity contribution >= 4 is 5.91 Å². The van der Waals surface area contributed by atoms with E-state index in [4.69, 9.17) is 4.74 Å². The number of carbonyl (C=O) groups excluding carboxylic acids is 1. The third-order valence-electron chi connectivity index (χ3n) is 5.98. The molecule has 2 aliphatic rings. The minimum atomic E-state index is 0.122. The fraction of sp³-hybridized carbons (Fsp3) is 0.458. The first-order valence-electron chi connectivity index (χ1n) is 10.5. The lowest BCUT2D eigenvalue weighted by molar-refractivity contribution is 0.0303. The van der Waals surface area contributed by atoms with E-state index in [0.29, 0.717) is 26.3 Å². The number of carbonyl (C=O) groups is 1. The topological polar surface area (TPSA) is 32.8 Å². The molecule has 2 fully saturated rings. The molecule has 0 bridgehead atoms. The molecule has 2 aromatic rings. The van der Waals surface area contributed by atoms with Crippen molar-refractivity contribution in [1.29, 1.82) is 0 Å². The van der Waals surface area contributed by atoms with E-state index in [-0.39, 0.29) is 5.91 Å². The molecule has 0 unspecified atom stereocenters. The number of hydrogen-bond acceptors (Lipinski definition) is 3. The van der Waals surface area contributed by atoms with Gasteiger partial charge in [-0.3, -0.25) is 9.69 Å². The van der Waals surface area contributed by atoms with E-state index >= 15 is 0 Å². The molecule has 0 aliphatic carbocycles. The van der Waals surface area contributed by atoms with Gasteiger partial charge in [-0.25, -0.2) is 0 Å². The number of hydrogen-bond donors (Lipinski definition) is 0. The van der Waals surface area contributed by atoms with Gasteiger partial charge in [-0.15, -0.1) is 0 Å². The molecule has 0 radical (unpaired) electrons. The standard InChI is InChI=1S/C24H30N2O2/c27-24(26-14-16-28-17-15-26)23-8-6-22(7-9-23)19-25-12-10-21(11-13-25)18-20-4-2-1-3-5-20/h1-9,21H,10-19H2. The molecule has 1 amide bonds. The molecule has 0 aromatic heterocycles. The Morgan fingerprint density at radius 2 is 1.54 bits per heavy atom. The summed E-state index contributed by atoms with van der Waals surface area (Å²) < 4.78 is 5.33. The van der Waals surface area contributed by atoms with Crippen molar-refractivity contribution in [2.75, 3.05) is 39.4 Å². The Bertz CT molecular complexity index is 746. The van der Waals surface area contributed by atoms with Crippen molar-refractivity contribution < 1.29 is 9.53 Å². The van der Waals surface area contributed by atoms with Gasteiger partial charge in [-0.05, 0) is 61.5 Å². The lowest BCUT2D eigenvalue weighted by Gasteiger charge is -2.32. The van der Waals surface area contributed by atoms with Crippen LogP contribution in [-0.2, 0) is 17.7 Å². The molecule has 2 heterocycles. The van der Waals surface area contributed by atoms with E-state index in [2.05, 4.69) is 47.4 Å². The van der Waals surface area contributed by atoms with E-state index < -0.39 is 0 Å². The monoisotopic (exact) mass is 378 g/mol. The molecule has 0 saturated carbocycles. The van der Waals surface area contributed by atoms with Crippen LogP contribution in [0.5, 0.6) is 0 Å². The second-order valence-corrected chi connectivity index (χ2v) is 8.01. The quantitative estimate of drug-likeness (QED) is 0.797. The molecular weight excluding hydrogens is 348 g/mol. The van der Waals surface area contributed by atoms with E-state index in [1.807, 2.05) is 17.0 Å². The SMILES string of the molecule is O=C(c1ccc(CN2CCC(Cc3ccccc3)CC2)cc1)N1CCOCC1. The predicted octanol–water partition coefficient (Wildman–Crippen LogP) is 3.61. The minimum Gasteiger partial charge on any atom is -0.378 e. The zero-order valence-corrected chi connectivity index (χ0v) is 16.6. The Labute approximate surface area is 168 Å². The Morgan fingerprint density at radius 1 is 0.857 bits per heavy atom. The van der Waals surface area contributed by atoms with Gasteiger partial charge in [0.25, 0.3) is 5.91 Å². The number of piperidine rings is 1. The van der Waals surface area contributed by atoms with Crippen LogP contribution in [0.2, 0.25) is 0 Å². The van der Waals surface area contributed by atoms with Crippen molar-refractivity contribution in [2.24, 2.45) is 5.92 Å². The van der Waals surface area contributed by atoms with Crippen LogP contribution in [0.3, 0.4) is 0 Å². The summed E-state index contributed by atoms with van der Waals surface area (Å²) in [6, 6.07) is 19.0. The minimum absolute atomic E-state index is 0.122. The summed E-state index contributed by atoms with van der Waals surface area (Å²) >= 11 is 0. The highest BCUT2D eigenvalue weighted by molar-refractivity contribution is 5.94. The Morgan fingerprint density at radius 3 is 2.21 bits per heavy atom. The molecule has 28 heavy (non-hydrogen) atoms. The summed E-state index contributed by atoms with van der Waals surface area (Å²) in [5, 5.41) is 0. The van der Waals surface area contributed by atoms with Gasteiger partial charge in [0.2, 0.25) is 0 Å². The second kappa shape index (κ2) is 9.35. The van der Waals surface area contributed by atoms with Crippen LogP contribution in [-0.4, -0.2) is 55.1 Å². The summed E-state index contributed by atoms with van der Waals surface area (Å²) in [6.07, 6.45) is 3.73. The zero-order chi connectivity index (χ0) is 19.2. The number of nitrogens with zero attached hydrogens (tertiary/aromatic N) is 2. The predicted molar refractivity (Wildman–Crippen MR) is 111 cm³/mol. The summed E-state index contributed by atoms with van der Waals surface area (Å²) in [5.74, 6) is 0.920. The van der Waals surface area contributed by atoms with Crippen LogP contribution >= 0.6 is 0 Å². The number of amides is 1. The van der Waals surface area contributed by atoms with E-state index in [0.717, 1.165) is 31.1 Å². The van der Waals surface area contributed by atoms with Crippen molar-refractivity contribution in [3.63, 3.8) is 0 Å². The maximum absolute atomic E-state index is 12.5. The number of likely N-dealkylation sites (tertiary alicyclic amines) is 1. The smallest absolute Gasteiger partial charge is 0.254 e. The molecule has 4 heteroatoms. The normalized spacial score (nSPS) is 18.9. The highest BCUT2D eigenvalue weighted by atomic mass is 16.5. The molecule has 0 atom stereocenters. The van der Waals surface area contributed by atoms with E-state index in [1.54, 1.807) is 0 Å². The van der Waals surface area contributed by atoms with Crippen LogP contribution in [0.15, 0.2) is 54.6 Å². The van der Waals surface area contributed by atoms with Crippen LogP contribution in [0.25, 0.3) is 0 Å². The third-order valence-corrected chi connectivity index (χ3v) is 5.98. The van der Waals surface area contributed by atoms with Gasteiger partial charge in [-0.2, -0.15) is 0 Å². The maximum Gasteiger partial charge on any atom is 0.254 e. The van der Waals surface area contributed by atoms with E-state index in [9.17, 15) is 4.79 Å². The zero-order valence-electron chi connectivity index (χ0n) is 16.6. The van der Waals surface area contributed by atoms with Gasteiger partial charge >= 0.3 is 0 Å². The average molecular weight is 379 g/mol.